The molecule has 2 aromatic heterocycles. The van der Waals surface area contributed by atoms with Gasteiger partial charge in [-0.05, 0) is 26.0 Å². The fraction of sp³-hybridized carbons (Fsp3) is 0.188. The Morgan fingerprint density at radius 1 is 1.30 bits per heavy atom. The molecule has 7 heteroatoms. The van der Waals surface area contributed by atoms with Gasteiger partial charge in [-0.15, -0.1) is 0 Å². The fourth-order valence-corrected chi connectivity index (χ4v) is 2.28. The van der Waals surface area contributed by atoms with E-state index in [1.165, 1.54) is 10.7 Å². The number of carbonyl (C=O) groups excluding carboxylic acids is 1. The maximum absolute atomic E-state index is 12.3. The second-order valence-electron chi connectivity index (χ2n) is 5.33. The molecule has 3 rings (SSSR count). The highest BCUT2D eigenvalue weighted by Gasteiger charge is 2.16. The number of aromatic nitrogens is 4. The minimum Gasteiger partial charge on any atom is -0.344 e. The van der Waals surface area contributed by atoms with Crippen LogP contribution in [-0.2, 0) is 0 Å². The quantitative estimate of drug-likeness (QED) is 0.684. The van der Waals surface area contributed by atoms with Gasteiger partial charge in [-0.2, -0.15) is 0 Å². The minimum atomic E-state index is -0.363. The first kappa shape index (κ1) is 14.8. The first-order valence-electron chi connectivity index (χ1n) is 7.24. The lowest BCUT2D eigenvalue weighted by Gasteiger charge is -2.10. The van der Waals surface area contributed by atoms with Crippen LogP contribution >= 0.6 is 0 Å². The van der Waals surface area contributed by atoms with Crippen LogP contribution in [-0.4, -0.2) is 25.7 Å². The Morgan fingerprint density at radius 2 is 2.04 bits per heavy atom. The molecule has 118 valence electrons. The summed E-state index contributed by atoms with van der Waals surface area (Å²) in [7, 11) is 0. The monoisotopic (exact) mass is 311 g/mol. The highest BCUT2D eigenvalue weighted by molar-refractivity contribution is 5.92. The molecule has 0 spiro atoms. The normalized spacial score (nSPS) is 12.1. The predicted molar refractivity (Wildman–Crippen MR) is 85.6 cm³/mol. The van der Waals surface area contributed by atoms with E-state index < -0.39 is 0 Å². The lowest BCUT2D eigenvalue weighted by atomic mass is 10.3. The van der Waals surface area contributed by atoms with Gasteiger partial charge in [0.2, 0.25) is 0 Å². The lowest BCUT2D eigenvalue weighted by molar-refractivity contribution is 0.0933. The number of hydrogen-bond acceptors (Lipinski definition) is 3. The molecule has 7 nitrogen and oxygen atoms in total. The van der Waals surface area contributed by atoms with Crippen LogP contribution in [0.2, 0.25) is 0 Å². The smallest absolute Gasteiger partial charge is 0.271 e. The van der Waals surface area contributed by atoms with E-state index in [0.717, 1.165) is 5.69 Å². The van der Waals surface area contributed by atoms with E-state index in [9.17, 15) is 9.59 Å². The molecule has 1 atom stereocenters. The molecule has 0 aliphatic rings. The van der Waals surface area contributed by atoms with Crippen molar-refractivity contribution in [1.82, 2.24) is 25.1 Å². The molecule has 0 saturated heterocycles. The number of imidazole rings is 1. The minimum absolute atomic E-state index is 0.203. The van der Waals surface area contributed by atoms with Gasteiger partial charge in [0.1, 0.15) is 11.5 Å². The van der Waals surface area contributed by atoms with Gasteiger partial charge < -0.3 is 10.3 Å². The Labute approximate surface area is 132 Å². The zero-order valence-electron chi connectivity index (χ0n) is 12.8. The van der Waals surface area contributed by atoms with Gasteiger partial charge in [-0.25, -0.2) is 9.67 Å². The van der Waals surface area contributed by atoms with E-state index in [2.05, 4.69) is 20.4 Å². The summed E-state index contributed by atoms with van der Waals surface area (Å²) in [5, 5.41) is 5.62. The highest BCUT2D eigenvalue weighted by atomic mass is 16.2. The van der Waals surface area contributed by atoms with Gasteiger partial charge >= 0.3 is 0 Å². The molecule has 2 heterocycles. The van der Waals surface area contributed by atoms with Crippen molar-refractivity contribution in [2.45, 2.75) is 19.9 Å². The Hall–Kier alpha value is -3.09. The zero-order valence-corrected chi connectivity index (χ0v) is 12.8. The van der Waals surface area contributed by atoms with E-state index in [1.807, 2.05) is 32.0 Å². The van der Waals surface area contributed by atoms with E-state index in [1.54, 1.807) is 18.3 Å². The molecule has 0 fully saturated rings. The van der Waals surface area contributed by atoms with E-state index >= 15 is 0 Å². The number of nitrogens with one attached hydrogen (secondary N) is 3. The van der Waals surface area contributed by atoms with Crippen molar-refractivity contribution < 1.29 is 4.79 Å². The SMILES string of the molecule is Cc1cnc(C(C)NC(=O)c2cc(=O)n(-c3ccccc3)[nH]2)[nH]1. The first-order chi connectivity index (χ1) is 11.0. The van der Waals surface area contributed by atoms with Gasteiger partial charge in [0.05, 0.1) is 11.7 Å². The second-order valence-corrected chi connectivity index (χ2v) is 5.33. The molecule has 1 aromatic carbocycles. The van der Waals surface area contributed by atoms with E-state index in [-0.39, 0.29) is 23.2 Å². The summed E-state index contributed by atoms with van der Waals surface area (Å²) in [6.07, 6.45) is 1.70. The number of rotatable bonds is 4. The van der Waals surface area contributed by atoms with Crippen LogP contribution in [0.25, 0.3) is 5.69 Å². The van der Waals surface area contributed by atoms with Gasteiger partial charge in [-0.1, -0.05) is 18.2 Å². The summed E-state index contributed by atoms with van der Waals surface area (Å²) in [4.78, 5) is 31.6. The molecule has 1 amide bonds. The Balaban J connectivity index is 1.80. The number of hydrogen-bond donors (Lipinski definition) is 3. The zero-order chi connectivity index (χ0) is 16.4. The molecule has 0 radical (unpaired) electrons. The number of H-pyrrole nitrogens is 2. The predicted octanol–water partition coefficient (Wildman–Crippen LogP) is 1.69. The lowest BCUT2D eigenvalue weighted by Crippen LogP contribution is -2.27. The largest absolute Gasteiger partial charge is 0.344 e. The summed E-state index contributed by atoms with van der Waals surface area (Å²) in [5.74, 6) is 0.305. The molecule has 0 bridgehead atoms. The summed E-state index contributed by atoms with van der Waals surface area (Å²) in [5.41, 5.74) is 1.51. The van der Waals surface area contributed by atoms with Crippen molar-refractivity contribution in [2.75, 3.05) is 0 Å². The number of para-hydroxylation sites is 1. The molecule has 0 aliphatic heterocycles. The van der Waals surface area contributed by atoms with Crippen molar-refractivity contribution in [2.24, 2.45) is 0 Å². The van der Waals surface area contributed by atoms with Gasteiger partial charge in [0, 0.05) is 18.0 Å². The molecule has 3 aromatic rings. The number of amides is 1. The summed E-state index contributed by atoms with van der Waals surface area (Å²) < 4.78 is 1.33. The van der Waals surface area contributed by atoms with E-state index in [4.69, 9.17) is 0 Å². The van der Waals surface area contributed by atoms with Crippen molar-refractivity contribution in [3.8, 4) is 5.69 Å². The van der Waals surface area contributed by atoms with E-state index in [0.29, 0.717) is 11.5 Å². The number of carbonyl (C=O) groups is 1. The molecule has 1 unspecified atom stereocenters. The van der Waals surface area contributed by atoms with Crippen LogP contribution in [0.4, 0.5) is 0 Å². The van der Waals surface area contributed by atoms with Crippen LogP contribution in [0.3, 0.4) is 0 Å². The molecular formula is C16H17N5O2. The molecule has 23 heavy (non-hydrogen) atoms. The summed E-state index contributed by atoms with van der Waals surface area (Å²) in [6.45, 7) is 3.71. The third-order valence-electron chi connectivity index (χ3n) is 3.46. The highest BCUT2D eigenvalue weighted by Crippen LogP contribution is 2.09. The van der Waals surface area contributed by atoms with Crippen LogP contribution in [0.1, 0.15) is 35.0 Å². The third kappa shape index (κ3) is 3.08. The third-order valence-corrected chi connectivity index (χ3v) is 3.46. The average molecular weight is 311 g/mol. The summed E-state index contributed by atoms with van der Waals surface area (Å²) >= 11 is 0. The van der Waals surface area contributed by atoms with Crippen molar-refractivity contribution >= 4 is 5.91 Å². The number of aryl methyl sites for hydroxylation is 1. The van der Waals surface area contributed by atoms with Gasteiger partial charge in [0.25, 0.3) is 11.5 Å². The Kier molecular flexibility index (Phi) is 3.84. The molecule has 3 N–H and O–H groups in total. The fourth-order valence-electron chi connectivity index (χ4n) is 2.28. The van der Waals surface area contributed by atoms with Crippen LogP contribution in [0, 0.1) is 6.92 Å². The molecule has 0 saturated carbocycles. The Morgan fingerprint density at radius 3 is 2.70 bits per heavy atom. The first-order valence-corrected chi connectivity index (χ1v) is 7.24. The van der Waals surface area contributed by atoms with Gasteiger partial charge in [0.15, 0.2) is 0 Å². The van der Waals surface area contributed by atoms with Crippen molar-refractivity contribution in [3.05, 3.63) is 70.2 Å². The second kappa shape index (κ2) is 5.96. The topological polar surface area (TPSA) is 95.6 Å². The molecule has 0 aliphatic carbocycles. The maximum atomic E-state index is 12.3. The van der Waals surface area contributed by atoms with Crippen molar-refractivity contribution in [1.29, 1.82) is 0 Å². The number of aromatic amines is 2. The standard InChI is InChI=1S/C16H17N5O2/c1-10-9-17-15(18-10)11(2)19-16(23)13-8-14(22)21(20-13)12-6-4-3-5-7-12/h3-9,11,20H,1-2H3,(H,17,18)(H,19,23). The summed E-state index contributed by atoms with van der Waals surface area (Å²) in [6, 6.07) is 10.1. The number of nitrogens with zero attached hydrogens (tertiary/aromatic N) is 2. The maximum Gasteiger partial charge on any atom is 0.271 e. The van der Waals surface area contributed by atoms with Crippen LogP contribution < -0.4 is 10.9 Å². The van der Waals surface area contributed by atoms with Crippen LogP contribution in [0.5, 0.6) is 0 Å². The average Bonchev–Trinajstić information content (AvgIpc) is 3.14. The molecular weight excluding hydrogens is 294 g/mol. The van der Waals surface area contributed by atoms with Crippen LogP contribution in [0.15, 0.2) is 47.4 Å². The Bertz CT molecular complexity index is 875. The van der Waals surface area contributed by atoms with Gasteiger partial charge in [-0.3, -0.25) is 14.7 Å². The van der Waals surface area contributed by atoms with Crippen molar-refractivity contribution in [3.63, 3.8) is 0 Å². The number of benzene rings is 1.